The van der Waals surface area contributed by atoms with Gasteiger partial charge in [-0.2, -0.15) is 5.10 Å². The monoisotopic (exact) mass is 218 g/mol. The largest absolute Gasteiger partial charge is 0.389 e. The predicted octanol–water partition coefficient (Wildman–Crippen LogP) is 1.21. The fourth-order valence-electron chi connectivity index (χ4n) is 1.31. The molecule has 0 aliphatic heterocycles. The minimum Gasteiger partial charge on any atom is -0.389 e. The summed E-state index contributed by atoms with van der Waals surface area (Å²) in [6.45, 7) is 1.90. The zero-order valence-corrected chi connectivity index (χ0v) is 9.03. The van der Waals surface area contributed by atoms with Crippen molar-refractivity contribution in [3.05, 3.63) is 41.9 Å². The smallest absolute Gasteiger partial charge is 0.154 e. The van der Waals surface area contributed by atoms with Crippen molar-refractivity contribution in [2.75, 3.05) is 0 Å². The zero-order chi connectivity index (χ0) is 10.8. The van der Waals surface area contributed by atoms with Crippen LogP contribution in [0, 0.1) is 6.92 Å². The van der Waals surface area contributed by atoms with Gasteiger partial charge in [0.25, 0.3) is 0 Å². The second-order valence-corrected chi connectivity index (χ2v) is 3.61. The summed E-state index contributed by atoms with van der Waals surface area (Å²) in [7, 11) is 0. The second kappa shape index (κ2) is 3.78. The number of thiocarbonyl (C=S) groups is 1. The van der Waals surface area contributed by atoms with Crippen LogP contribution in [0.1, 0.15) is 11.3 Å². The van der Waals surface area contributed by atoms with E-state index in [-0.39, 0.29) is 0 Å². The normalized spacial score (nSPS) is 10.2. The number of hydrogen-bond acceptors (Lipinski definition) is 3. The lowest BCUT2D eigenvalue weighted by molar-refractivity contribution is 0.840. The maximum Gasteiger partial charge on any atom is 0.154 e. The molecular formula is C10H10N4S. The van der Waals surface area contributed by atoms with Gasteiger partial charge in [0.2, 0.25) is 0 Å². The van der Waals surface area contributed by atoms with Crippen molar-refractivity contribution < 1.29 is 0 Å². The molecule has 0 saturated heterocycles. The van der Waals surface area contributed by atoms with Crippen molar-refractivity contribution in [3.8, 4) is 5.82 Å². The van der Waals surface area contributed by atoms with Crippen LogP contribution in [0.25, 0.3) is 5.82 Å². The summed E-state index contributed by atoms with van der Waals surface area (Å²) in [6, 6.07) is 5.52. The van der Waals surface area contributed by atoms with E-state index in [4.69, 9.17) is 18.0 Å². The molecule has 0 aliphatic carbocycles. The van der Waals surface area contributed by atoms with E-state index in [0.717, 1.165) is 17.1 Å². The number of aryl methyl sites for hydroxylation is 1. The SMILES string of the molecule is Cc1cc(C(N)=S)cc(-n2cccn2)n1. The minimum absolute atomic E-state index is 0.369. The van der Waals surface area contributed by atoms with E-state index in [1.54, 1.807) is 10.9 Å². The van der Waals surface area contributed by atoms with E-state index in [1.165, 1.54) is 0 Å². The van der Waals surface area contributed by atoms with Crippen LogP contribution >= 0.6 is 12.2 Å². The van der Waals surface area contributed by atoms with E-state index in [2.05, 4.69) is 10.1 Å². The molecular weight excluding hydrogens is 208 g/mol. The summed E-state index contributed by atoms with van der Waals surface area (Å²) in [4.78, 5) is 4.71. The molecule has 2 aromatic rings. The number of pyridine rings is 1. The second-order valence-electron chi connectivity index (χ2n) is 3.17. The molecule has 4 nitrogen and oxygen atoms in total. The van der Waals surface area contributed by atoms with Crippen LogP contribution in [0.5, 0.6) is 0 Å². The van der Waals surface area contributed by atoms with Crippen LogP contribution in [-0.4, -0.2) is 19.8 Å². The Bertz CT molecular complexity index is 490. The first-order valence-electron chi connectivity index (χ1n) is 4.45. The highest BCUT2D eigenvalue weighted by Crippen LogP contribution is 2.09. The molecule has 0 bridgehead atoms. The molecule has 0 radical (unpaired) electrons. The Morgan fingerprint density at radius 2 is 2.27 bits per heavy atom. The standard InChI is InChI=1S/C10H10N4S/c1-7-5-8(10(11)15)6-9(13-7)14-4-2-3-12-14/h2-6H,1H3,(H2,11,15). The zero-order valence-electron chi connectivity index (χ0n) is 8.21. The number of hydrogen-bond donors (Lipinski definition) is 1. The molecule has 0 fully saturated rings. The molecule has 15 heavy (non-hydrogen) atoms. The van der Waals surface area contributed by atoms with Gasteiger partial charge in [-0.05, 0) is 25.1 Å². The van der Waals surface area contributed by atoms with Gasteiger partial charge < -0.3 is 5.73 Å². The Morgan fingerprint density at radius 3 is 2.87 bits per heavy atom. The number of nitrogens with zero attached hydrogens (tertiary/aromatic N) is 3. The van der Waals surface area contributed by atoms with Crippen molar-refractivity contribution in [1.82, 2.24) is 14.8 Å². The molecule has 0 spiro atoms. The number of aromatic nitrogens is 3. The average molecular weight is 218 g/mol. The third-order valence-electron chi connectivity index (χ3n) is 1.96. The summed E-state index contributed by atoms with van der Waals surface area (Å²) >= 11 is 4.93. The van der Waals surface area contributed by atoms with E-state index in [1.807, 2.05) is 31.3 Å². The van der Waals surface area contributed by atoms with Crippen LogP contribution in [0.2, 0.25) is 0 Å². The van der Waals surface area contributed by atoms with Gasteiger partial charge in [0.1, 0.15) is 4.99 Å². The van der Waals surface area contributed by atoms with E-state index in [0.29, 0.717) is 4.99 Å². The van der Waals surface area contributed by atoms with Gasteiger partial charge in [0, 0.05) is 23.7 Å². The first kappa shape index (κ1) is 9.79. The lowest BCUT2D eigenvalue weighted by atomic mass is 10.2. The van der Waals surface area contributed by atoms with Crippen molar-refractivity contribution in [2.24, 2.45) is 5.73 Å². The molecule has 2 heterocycles. The van der Waals surface area contributed by atoms with Gasteiger partial charge in [-0.25, -0.2) is 9.67 Å². The van der Waals surface area contributed by atoms with Crippen molar-refractivity contribution in [1.29, 1.82) is 0 Å². The summed E-state index contributed by atoms with van der Waals surface area (Å²) in [5, 5.41) is 4.10. The van der Waals surface area contributed by atoms with Gasteiger partial charge in [-0.3, -0.25) is 0 Å². The Labute approximate surface area is 92.7 Å². The fraction of sp³-hybridized carbons (Fsp3) is 0.100. The molecule has 0 aliphatic rings. The lowest BCUT2D eigenvalue weighted by Crippen LogP contribution is -2.11. The maximum atomic E-state index is 5.58. The quantitative estimate of drug-likeness (QED) is 0.770. The topological polar surface area (TPSA) is 56.7 Å². The van der Waals surface area contributed by atoms with E-state index < -0.39 is 0 Å². The number of rotatable bonds is 2. The number of nitrogens with two attached hydrogens (primary N) is 1. The predicted molar refractivity (Wildman–Crippen MR) is 62.0 cm³/mol. The lowest BCUT2D eigenvalue weighted by Gasteiger charge is -2.05. The van der Waals surface area contributed by atoms with Crippen LogP contribution in [0.3, 0.4) is 0 Å². The molecule has 76 valence electrons. The molecule has 2 rings (SSSR count). The van der Waals surface area contributed by atoms with Crippen LogP contribution in [0.15, 0.2) is 30.6 Å². The molecule has 5 heteroatoms. The molecule has 0 aromatic carbocycles. The summed E-state index contributed by atoms with van der Waals surface area (Å²) < 4.78 is 1.68. The van der Waals surface area contributed by atoms with Crippen molar-refractivity contribution >= 4 is 17.2 Å². The van der Waals surface area contributed by atoms with Gasteiger partial charge >= 0.3 is 0 Å². The highest BCUT2D eigenvalue weighted by Gasteiger charge is 2.03. The third kappa shape index (κ3) is 2.02. The highest BCUT2D eigenvalue weighted by atomic mass is 32.1. The summed E-state index contributed by atoms with van der Waals surface area (Å²) in [5.41, 5.74) is 7.25. The van der Waals surface area contributed by atoms with Crippen molar-refractivity contribution in [3.63, 3.8) is 0 Å². The third-order valence-corrected chi connectivity index (χ3v) is 2.20. The average Bonchev–Trinajstić information content (AvgIpc) is 2.69. The van der Waals surface area contributed by atoms with Crippen LogP contribution in [0.4, 0.5) is 0 Å². The molecule has 2 N–H and O–H groups in total. The molecule has 0 atom stereocenters. The maximum absolute atomic E-state index is 5.58. The highest BCUT2D eigenvalue weighted by molar-refractivity contribution is 7.80. The van der Waals surface area contributed by atoms with Gasteiger partial charge in [-0.1, -0.05) is 12.2 Å². The summed E-state index contributed by atoms with van der Waals surface area (Å²) in [5.74, 6) is 0.725. The summed E-state index contributed by atoms with van der Waals surface area (Å²) in [6.07, 6.45) is 3.52. The Hall–Kier alpha value is -1.75. The van der Waals surface area contributed by atoms with Gasteiger partial charge in [-0.15, -0.1) is 0 Å². The molecule has 2 aromatic heterocycles. The van der Waals surface area contributed by atoms with Crippen LogP contribution < -0.4 is 5.73 Å². The Kier molecular flexibility index (Phi) is 2.47. The first-order chi connectivity index (χ1) is 7.16. The Morgan fingerprint density at radius 1 is 1.47 bits per heavy atom. The van der Waals surface area contributed by atoms with Gasteiger partial charge in [0.15, 0.2) is 5.82 Å². The minimum atomic E-state index is 0.369. The molecule has 0 unspecified atom stereocenters. The molecule has 0 saturated carbocycles. The first-order valence-corrected chi connectivity index (χ1v) is 4.86. The Balaban J connectivity index is 2.54. The van der Waals surface area contributed by atoms with Crippen molar-refractivity contribution in [2.45, 2.75) is 6.92 Å². The van der Waals surface area contributed by atoms with E-state index >= 15 is 0 Å². The van der Waals surface area contributed by atoms with Crippen LogP contribution in [-0.2, 0) is 0 Å². The fourth-order valence-corrected chi connectivity index (χ4v) is 1.43. The van der Waals surface area contributed by atoms with Gasteiger partial charge in [0.05, 0.1) is 0 Å². The molecule has 0 amide bonds. The van der Waals surface area contributed by atoms with E-state index in [9.17, 15) is 0 Å².